The molecular formula is C20H22ClFN2O. The largest absolute Gasteiger partial charge is 0.326 e. The summed E-state index contributed by atoms with van der Waals surface area (Å²) in [5, 5.41) is 3.69. The van der Waals surface area contributed by atoms with E-state index in [4.69, 9.17) is 11.6 Å². The first-order valence-corrected chi connectivity index (χ1v) is 8.93. The molecule has 0 spiro atoms. The number of amides is 1. The summed E-state index contributed by atoms with van der Waals surface area (Å²) < 4.78 is 13.0. The quantitative estimate of drug-likeness (QED) is 0.861. The average molecular weight is 361 g/mol. The number of piperidine rings is 1. The molecule has 0 radical (unpaired) electrons. The van der Waals surface area contributed by atoms with E-state index in [-0.39, 0.29) is 17.6 Å². The van der Waals surface area contributed by atoms with Crippen molar-refractivity contribution in [2.45, 2.75) is 26.3 Å². The second kappa shape index (κ2) is 7.98. The van der Waals surface area contributed by atoms with Gasteiger partial charge >= 0.3 is 0 Å². The van der Waals surface area contributed by atoms with Gasteiger partial charge in [0.1, 0.15) is 5.82 Å². The molecule has 0 bridgehead atoms. The van der Waals surface area contributed by atoms with Crippen molar-refractivity contribution in [3.05, 3.63) is 64.4 Å². The van der Waals surface area contributed by atoms with Crippen LogP contribution in [0, 0.1) is 18.7 Å². The molecule has 1 heterocycles. The van der Waals surface area contributed by atoms with E-state index in [0.717, 1.165) is 49.3 Å². The molecule has 3 rings (SSSR count). The fourth-order valence-electron chi connectivity index (χ4n) is 3.26. The highest BCUT2D eigenvalue weighted by Crippen LogP contribution is 2.23. The Hall–Kier alpha value is -1.91. The summed E-state index contributed by atoms with van der Waals surface area (Å²) >= 11 is 5.97. The Morgan fingerprint density at radius 2 is 2.04 bits per heavy atom. The number of hydrogen-bond donors (Lipinski definition) is 1. The van der Waals surface area contributed by atoms with E-state index in [1.807, 2.05) is 19.1 Å². The molecule has 3 nitrogen and oxygen atoms in total. The van der Waals surface area contributed by atoms with Crippen molar-refractivity contribution >= 4 is 23.2 Å². The predicted octanol–water partition coefficient (Wildman–Crippen LogP) is 4.64. The third-order valence-electron chi connectivity index (χ3n) is 4.64. The zero-order chi connectivity index (χ0) is 17.8. The molecule has 2 aromatic rings. The molecule has 0 aliphatic carbocycles. The Morgan fingerprint density at radius 1 is 1.28 bits per heavy atom. The summed E-state index contributed by atoms with van der Waals surface area (Å²) in [4.78, 5) is 14.9. The highest BCUT2D eigenvalue weighted by molar-refractivity contribution is 6.30. The van der Waals surface area contributed by atoms with Crippen LogP contribution in [0.5, 0.6) is 0 Å². The maximum Gasteiger partial charge on any atom is 0.228 e. The Labute approximate surface area is 152 Å². The van der Waals surface area contributed by atoms with Crippen molar-refractivity contribution < 1.29 is 9.18 Å². The first-order valence-electron chi connectivity index (χ1n) is 8.55. The van der Waals surface area contributed by atoms with E-state index in [9.17, 15) is 9.18 Å². The van der Waals surface area contributed by atoms with Gasteiger partial charge in [-0.2, -0.15) is 0 Å². The number of likely N-dealkylation sites (tertiary alicyclic amines) is 1. The fraction of sp³-hybridized carbons (Fsp3) is 0.350. The molecule has 2 aromatic carbocycles. The van der Waals surface area contributed by atoms with Crippen LogP contribution in [0.15, 0.2) is 42.5 Å². The van der Waals surface area contributed by atoms with Gasteiger partial charge in [-0.25, -0.2) is 4.39 Å². The molecule has 1 aliphatic rings. The lowest BCUT2D eigenvalue weighted by Crippen LogP contribution is -2.40. The third kappa shape index (κ3) is 4.80. The van der Waals surface area contributed by atoms with Gasteiger partial charge in [0.05, 0.1) is 5.92 Å². The van der Waals surface area contributed by atoms with Gasteiger partial charge in [-0.15, -0.1) is 0 Å². The fourth-order valence-corrected chi connectivity index (χ4v) is 3.49. The minimum atomic E-state index is -0.224. The molecule has 1 saturated heterocycles. The van der Waals surface area contributed by atoms with E-state index < -0.39 is 0 Å². The summed E-state index contributed by atoms with van der Waals surface area (Å²) in [6, 6.07) is 12.0. The summed E-state index contributed by atoms with van der Waals surface area (Å²) in [6.45, 7) is 4.35. The van der Waals surface area contributed by atoms with Gasteiger partial charge in [-0.1, -0.05) is 23.7 Å². The second-order valence-corrected chi connectivity index (χ2v) is 7.09. The first-order chi connectivity index (χ1) is 12.0. The minimum Gasteiger partial charge on any atom is -0.326 e. The lowest BCUT2D eigenvalue weighted by molar-refractivity contribution is -0.121. The van der Waals surface area contributed by atoms with E-state index >= 15 is 0 Å². The molecule has 1 unspecified atom stereocenters. The normalized spacial score (nSPS) is 18.1. The molecule has 5 heteroatoms. The van der Waals surface area contributed by atoms with E-state index in [1.165, 1.54) is 12.1 Å². The number of nitrogens with zero attached hydrogens (tertiary/aromatic N) is 1. The second-order valence-electron chi connectivity index (χ2n) is 6.65. The van der Waals surface area contributed by atoms with Crippen LogP contribution in [-0.2, 0) is 11.3 Å². The summed E-state index contributed by atoms with van der Waals surface area (Å²) in [7, 11) is 0. The monoisotopic (exact) mass is 360 g/mol. The number of aryl methyl sites for hydroxylation is 1. The molecule has 1 amide bonds. The number of benzene rings is 2. The van der Waals surface area contributed by atoms with Crippen molar-refractivity contribution in [1.29, 1.82) is 0 Å². The Balaban J connectivity index is 1.60. The van der Waals surface area contributed by atoms with Crippen LogP contribution in [0.25, 0.3) is 0 Å². The van der Waals surface area contributed by atoms with Gasteiger partial charge in [-0.05, 0) is 67.8 Å². The molecule has 132 valence electrons. The molecule has 0 aromatic heterocycles. The summed E-state index contributed by atoms with van der Waals surface area (Å²) in [5.74, 6) is -0.212. The van der Waals surface area contributed by atoms with Crippen LogP contribution in [-0.4, -0.2) is 23.9 Å². The maximum atomic E-state index is 13.0. The van der Waals surface area contributed by atoms with Gasteiger partial charge in [0.25, 0.3) is 0 Å². The number of carbonyl (C=O) groups excluding carboxylic acids is 1. The average Bonchev–Trinajstić information content (AvgIpc) is 2.60. The summed E-state index contributed by atoms with van der Waals surface area (Å²) in [6.07, 6.45) is 1.87. The van der Waals surface area contributed by atoms with Crippen LogP contribution in [0.1, 0.15) is 24.0 Å². The molecular weight excluding hydrogens is 339 g/mol. The molecule has 1 N–H and O–H groups in total. The van der Waals surface area contributed by atoms with Gasteiger partial charge < -0.3 is 5.32 Å². The van der Waals surface area contributed by atoms with Crippen molar-refractivity contribution in [1.82, 2.24) is 4.90 Å². The van der Waals surface area contributed by atoms with E-state index in [2.05, 4.69) is 10.2 Å². The van der Waals surface area contributed by atoms with Gasteiger partial charge in [0.2, 0.25) is 5.91 Å². The molecule has 0 saturated carbocycles. The van der Waals surface area contributed by atoms with E-state index in [1.54, 1.807) is 18.2 Å². The minimum absolute atomic E-state index is 0.0377. The highest BCUT2D eigenvalue weighted by atomic mass is 35.5. The van der Waals surface area contributed by atoms with Crippen LogP contribution >= 0.6 is 11.6 Å². The van der Waals surface area contributed by atoms with Gasteiger partial charge in [0.15, 0.2) is 0 Å². The first kappa shape index (κ1) is 17.9. The standard InChI is InChI=1S/C20H22ClFN2O/c1-14-11-17(21)6-9-19(14)23-20(25)16-3-2-10-24(13-16)12-15-4-7-18(22)8-5-15/h4-9,11,16H,2-3,10,12-13H2,1H3,(H,23,25). The molecule has 1 aliphatic heterocycles. The highest BCUT2D eigenvalue weighted by Gasteiger charge is 2.26. The Kier molecular flexibility index (Phi) is 5.71. The zero-order valence-electron chi connectivity index (χ0n) is 14.3. The van der Waals surface area contributed by atoms with Crippen LogP contribution in [0.2, 0.25) is 5.02 Å². The van der Waals surface area contributed by atoms with Crippen molar-refractivity contribution in [2.75, 3.05) is 18.4 Å². The Morgan fingerprint density at radius 3 is 2.76 bits per heavy atom. The number of nitrogens with one attached hydrogen (secondary N) is 1. The zero-order valence-corrected chi connectivity index (χ0v) is 15.0. The number of halogens is 2. The lowest BCUT2D eigenvalue weighted by Gasteiger charge is -2.32. The van der Waals surface area contributed by atoms with E-state index in [0.29, 0.717) is 5.02 Å². The van der Waals surface area contributed by atoms with Crippen molar-refractivity contribution in [3.63, 3.8) is 0 Å². The van der Waals surface area contributed by atoms with Crippen molar-refractivity contribution in [2.24, 2.45) is 5.92 Å². The number of rotatable bonds is 4. The smallest absolute Gasteiger partial charge is 0.228 e. The number of hydrogen-bond acceptors (Lipinski definition) is 2. The predicted molar refractivity (Wildman–Crippen MR) is 99.2 cm³/mol. The molecule has 1 atom stereocenters. The number of anilines is 1. The topological polar surface area (TPSA) is 32.3 Å². The van der Waals surface area contributed by atoms with Gasteiger partial charge in [-0.3, -0.25) is 9.69 Å². The molecule has 1 fully saturated rings. The van der Waals surface area contributed by atoms with Crippen molar-refractivity contribution in [3.8, 4) is 0 Å². The SMILES string of the molecule is Cc1cc(Cl)ccc1NC(=O)C1CCCN(Cc2ccc(F)cc2)C1. The lowest BCUT2D eigenvalue weighted by atomic mass is 9.96. The molecule has 25 heavy (non-hydrogen) atoms. The maximum absolute atomic E-state index is 13.0. The Bertz CT molecular complexity index is 748. The van der Waals surface area contributed by atoms with Gasteiger partial charge in [0, 0.05) is 23.8 Å². The summed E-state index contributed by atoms with van der Waals surface area (Å²) in [5.41, 5.74) is 2.83. The third-order valence-corrected chi connectivity index (χ3v) is 4.88. The van der Waals surface area contributed by atoms with Crippen LogP contribution in [0.3, 0.4) is 0 Å². The van der Waals surface area contributed by atoms with Crippen LogP contribution < -0.4 is 5.32 Å². The number of carbonyl (C=O) groups is 1. The van der Waals surface area contributed by atoms with Crippen LogP contribution in [0.4, 0.5) is 10.1 Å².